The third-order valence-electron chi connectivity index (χ3n) is 7.00. The topological polar surface area (TPSA) is 114 Å². The maximum Gasteiger partial charge on any atom is 0.296 e. The summed E-state index contributed by atoms with van der Waals surface area (Å²) in [7, 11) is -3.36. The molecule has 2 N–H and O–H groups in total. The molecule has 212 valence electrons. The molecule has 0 bridgehead atoms. The highest BCUT2D eigenvalue weighted by atomic mass is 35.5. The zero-order chi connectivity index (χ0) is 27.4. The largest absolute Gasteiger partial charge is 0.378 e. The van der Waals surface area contributed by atoms with Crippen molar-refractivity contribution >= 4 is 44.4 Å². The predicted octanol–water partition coefficient (Wildman–Crippen LogP) is 3.86. The Morgan fingerprint density at radius 3 is 2.44 bits per heavy atom. The van der Waals surface area contributed by atoms with Gasteiger partial charge in [0, 0.05) is 37.1 Å². The fraction of sp³-hybridized carbons (Fsp3) is 0.560. The van der Waals surface area contributed by atoms with Crippen molar-refractivity contribution in [3.63, 3.8) is 0 Å². The number of rotatable bonds is 10. The Kier molecular flexibility index (Phi) is 8.79. The molecule has 0 amide bonds. The number of alkyl halides is 3. The molecular formula is C25H32ClF2N7O3S. The van der Waals surface area contributed by atoms with E-state index in [2.05, 4.69) is 20.0 Å². The summed E-state index contributed by atoms with van der Waals surface area (Å²) in [4.78, 5) is 15.6. The monoisotopic (exact) mass is 583 g/mol. The quantitative estimate of drug-likeness (QED) is 0.346. The maximum absolute atomic E-state index is 14.1. The van der Waals surface area contributed by atoms with Crippen molar-refractivity contribution in [3.05, 3.63) is 36.2 Å². The summed E-state index contributed by atoms with van der Waals surface area (Å²) in [6.07, 6.45) is 0.357. The second kappa shape index (κ2) is 12.3. The highest BCUT2D eigenvalue weighted by Crippen LogP contribution is 2.30. The van der Waals surface area contributed by atoms with Crippen molar-refractivity contribution in [3.8, 4) is 5.82 Å². The van der Waals surface area contributed by atoms with E-state index >= 15 is 0 Å². The zero-order valence-electron chi connectivity index (χ0n) is 21.4. The van der Waals surface area contributed by atoms with Gasteiger partial charge < -0.3 is 15.0 Å². The summed E-state index contributed by atoms with van der Waals surface area (Å²) in [5.74, 6) is 1.19. The number of hydrogen-bond acceptors (Lipinski definition) is 8. The van der Waals surface area contributed by atoms with Crippen molar-refractivity contribution in [2.75, 3.05) is 48.2 Å². The molecule has 0 spiro atoms. The van der Waals surface area contributed by atoms with E-state index in [0.717, 1.165) is 0 Å². The van der Waals surface area contributed by atoms with E-state index in [9.17, 15) is 17.2 Å². The van der Waals surface area contributed by atoms with Gasteiger partial charge in [0.25, 0.3) is 6.43 Å². The van der Waals surface area contributed by atoms with Crippen LogP contribution >= 0.6 is 11.6 Å². The number of aromatic nitrogens is 4. The SMILES string of the molecule is O=S(=O)(CCCCl)N[C@H]1CC[C@H](Nc2nc(N3CCOCC3)cc(-n3c(C(F)F)nc4ccccc43)n2)CC1. The number of nitrogens with zero attached hydrogens (tertiary/aromatic N) is 5. The number of para-hydroxylation sites is 2. The van der Waals surface area contributed by atoms with Crippen LogP contribution in [0.3, 0.4) is 0 Å². The molecular weight excluding hydrogens is 552 g/mol. The van der Waals surface area contributed by atoms with Crippen LogP contribution in [-0.4, -0.2) is 78.0 Å². The van der Waals surface area contributed by atoms with Gasteiger partial charge in [-0.05, 0) is 44.2 Å². The molecule has 2 aliphatic rings. The Hall–Kier alpha value is -2.61. The number of benzene rings is 1. The Labute approximate surface area is 231 Å². The highest BCUT2D eigenvalue weighted by molar-refractivity contribution is 7.89. The molecule has 10 nitrogen and oxygen atoms in total. The molecule has 5 rings (SSSR count). The van der Waals surface area contributed by atoms with Crippen LogP contribution < -0.4 is 14.9 Å². The first-order valence-corrected chi connectivity index (χ1v) is 15.3. The lowest BCUT2D eigenvalue weighted by atomic mass is 9.92. The lowest BCUT2D eigenvalue weighted by molar-refractivity contribution is 0.122. The van der Waals surface area contributed by atoms with Crippen molar-refractivity contribution < 1.29 is 21.9 Å². The molecule has 0 unspecified atom stereocenters. The van der Waals surface area contributed by atoms with Crippen LogP contribution in [0.2, 0.25) is 0 Å². The number of sulfonamides is 1. The molecule has 0 atom stereocenters. The lowest BCUT2D eigenvalue weighted by Crippen LogP contribution is -2.41. The van der Waals surface area contributed by atoms with Gasteiger partial charge in [0.05, 0.1) is 30.0 Å². The maximum atomic E-state index is 14.1. The van der Waals surface area contributed by atoms with Crippen molar-refractivity contribution in [1.29, 1.82) is 0 Å². The van der Waals surface area contributed by atoms with Crippen LogP contribution in [0.15, 0.2) is 30.3 Å². The summed E-state index contributed by atoms with van der Waals surface area (Å²) in [6, 6.07) is 8.57. The van der Waals surface area contributed by atoms with Crippen molar-refractivity contribution in [2.24, 2.45) is 0 Å². The van der Waals surface area contributed by atoms with Gasteiger partial charge in [-0.3, -0.25) is 4.57 Å². The average molecular weight is 584 g/mol. The van der Waals surface area contributed by atoms with E-state index in [-0.39, 0.29) is 23.7 Å². The fourth-order valence-corrected chi connectivity index (χ4v) is 6.76. The summed E-state index contributed by atoms with van der Waals surface area (Å²) in [5.41, 5.74) is 0.994. The van der Waals surface area contributed by atoms with Gasteiger partial charge in [-0.25, -0.2) is 26.9 Å². The van der Waals surface area contributed by atoms with Crippen LogP contribution in [0.5, 0.6) is 0 Å². The predicted molar refractivity (Wildman–Crippen MR) is 147 cm³/mol. The number of nitrogens with one attached hydrogen (secondary N) is 2. The molecule has 14 heteroatoms. The third kappa shape index (κ3) is 6.76. The summed E-state index contributed by atoms with van der Waals surface area (Å²) in [6.45, 7) is 2.33. The van der Waals surface area contributed by atoms with E-state index in [1.165, 1.54) is 4.57 Å². The average Bonchev–Trinajstić information content (AvgIpc) is 3.33. The lowest BCUT2D eigenvalue weighted by Gasteiger charge is -2.31. The van der Waals surface area contributed by atoms with Crippen LogP contribution in [0.25, 0.3) is 16.9 Å². The minimum Gasteiger partial charge on any atom is -0.378 e. The van der Waals surface area contributed by atoms with Gasteiger partial charge in [0.15, 0.2) is 5.82 Å². The van der Waals surface area contributed by atoms with Gasteiger partial charge in [0.2, 0.25) is 16.0 Å². The Balaban J connectivity index is 1.40. The Morgan fingerprint density at radius 2 is 1.72 bits per heavy atom. The van der Waals surface area contributed by atoms with Crippen LogP contribution in [0.1, 0.15) is 44.4 Å². The van der Waals surface area contributed by atoms with E-state index in [4.69, 9.17) is 21.3 Å². The van der Waals surface area contributed by atoms with Gasteiger partial charge in [-0.15, -0.1) is 11.6 Å². The van der Waals surface area contributed by atoms with E-state index < -0.39 is 16.4 Å². The van der Waals surface area contributed by atoms with E-state index in [1.807, 2.05) is 4.90 Å². The van der Waals surface area contributed by atoms with E-state index in [1.54, 1.807) is 30.3 Å². The summed E-state index contributed by atoms with van der Waals surface area (Å²) in [5, 5.41) is 3.38. The number of anilines is 2. The standard InChI is InChI=1S/C25H32ClF2N7O3S/c26-10-3-15-39(36,37)33-18-8-6-17(7-9-18)29-25-31-21(34-11-13-38-14-12-34)16-22(32-25)35-20-5-2-1-4-19(20)30-24(35)23(27)28/h1-2,4-5,16-18,23,33H,3,6-15H2,(H,29,31,32)/t17-,18-. The number of imidazole rings is 1. The van der Waals surface area contributed by atoms with Crippen LogP contribution in [0, 0.1) is 0 Å². The summed E-state index contributed by atoms with van der Waals surface area (Å²) >= 11 is 5.64. The number of fused-ring (bicyclic) bond motifs is 1. The van der Waals surface area contributed by atoms with Gasteiger partial charge in [-0.1, -0.05) is 12.1 Å². The molecule has 2 aromatic heterocycles. The smallest absolute Gasteiger partial charge is 0.296 e. The first-order valence-electron chi connectivity index (χ1n) is 13.1. The van der Waals surface area contributed by atoms with Gasteiger partial charge >= 0.3 is 0 Å². The third-order valence-corrected chi connectivity index (χ3v) is 8.78. The van der Waals surface area contributed by atoms with Crippen LogP contribution in [0.4, 0.5) is 20.5 Å². The highest BCUT2D eigenvalue weighted by Gasteiger charge is 2.27. The van der Waals surface area contributed by atoms with Crippen molar-refractivity contribution in [2.45, 2.75) is 50.6 Å². The number of halogens is 3. The van der Waals surface area contributed by atoms with E-state index in [0.29, 0.717) is 92.9 Å². The number of hydrogen-bond donors (Lipinski definition) is 2. The molecule has 1 aliphatic heterocycles. The second-order valence-electron chi connectivity index (χ2n) is 9.77. The van der Waals surface area contributed by atoms with Gasteiger partial charge in [-0.2, -0.15) is 9.97 Å². The molecule has 0 radical (unpaired) electrons. The minimum absolute atomic E-state index is 0.00971. The number of morpholine rings is 1. The van der Waals surface area contributed by atoms with Crippen molar-refractivity contribution in [1.82, 2.24) is 24.2 Å². The molecule has 1 aliphatic carbocycles. The fourth-order valence-electron chi connectivity index (χ4n) is 5.08. The van der Waals surface area contributed by atoms with Crippen LogP contribution in [-0.2, 0) is 14.8 Å². The zero-order valence-corrected chi connectivity index (χ0v) is 23.0. The Bertz CT molecular complexity index is 1380. The normalized spacial score (nSPS) is 20.6. The molecule has 1 saturated carbocycles. The molecule has 3 aromatic rings. The molecule has 3 heterocycles. The number of ether oxygens (including phenoxy) is 1. The first kappa shape index (κ1) is 27.9. The molecule has 2 fully saturated rings. The molecule has 39 heavy (non-hydrogen) atoms. The minimum atomic E-state index is -3.36. The molecule has 1 saturated heterocycles. The first-order chi connectivity index (χ1) is 18.8. The second-order valence-corrected chi connectivity index (χ2v) is 12.0. The molecule has 1 aromatic carbocycles. The van der Waals surface area contributed by atoms with Gasteiger partial charge in [0.1, 0.15) is 11.6 Å². The Morgan fingerprint density at radius 1 is 1.03 bits per heavy atom. The summed E-state index contributed by atoms with van der Waals surface area (Å²) < 4.78 is 62.3.